The van der Waals surface area contributed by atoms with Crippen molar-refractivity contribution in [1.29, 1.82) is 0 Å². The highest BCUT2D eigenvalue weighted by Gasteiger charge is 2.11. The molecule has 22 heavy (non-hydrogen) atoms. The SMILES string of the molecule is CCN(C)CCCOc1cc2nc(CNC)sc2cc1OC. The van der Waals surface area contributed by atoms with Crippen LogP contribution in [-0.2, 0) is 6.54 Å². The van der Waals surface area contributed by atoms with Crippen LogP contribution in [0.1, 0.15) is 18.4 Å². The maximum atomic E-state index is 5.90. The summed E-state index contributed by atoms with van der Waals surface area (Å²) in [5.41, 5.74) is 0.969. The van der Waals surface area contributed by atoms with Crippen molar-refractivity contribution in [3.8, 4) is 11.5 Å². The van der Waals surface area contributed by atoms with E-state index in [1.807, 2.05) is 19.2 Å². The molecule has 0 saturated carbocycles. The summed E-state index contributed by atoms with van der Waals surface area (Å²) in [6.45, 7) is 5.70. The maximum absolute atomic E-state index is 5.90. The summed E-state index contributed by atoms with van der Waals surface area (Å²) in [6, 6.07) is 3.99. The van der Waals surface area contributed by atoms with E-state index < -0.39 is 0 Å². The third kappa shape index (κ3) is 4.32. The van der Waals surface area contributed by atoms with Crippen molar-refractivity contribution in [2.45, 2.75) is 19.9 Å². The molecule has 0 aliphatic rings. The highest BCUT2D eigenvalue weighted by Crippen LogP contribution is 2.35. The zero-order valence-corrected chi connectivity index (χ0v) is 14.6. The molecule has 0 fully saturated rings. The van der Waals surface area contributed by atoms with Crippen LogP contribution in [0.5, 0.6) is 11.5 Å². The lowest BCUT2D eigenvalue weighted by Crippen LogP contribution is -2.20. The van der Waals surface area contributed by atoms with E-state index in [2.05, 4.69) is 29.2 Å². The van der Waals surface area contributed by atoms with Crippen LogP contribution >= 0.6 is 11.3 Å². The zero-order valence-electron chi connectivity index (χ0n) is 13.8. The number of aromatic nitrogens is 1. The topological polar surface area (TPSA) is 46.6 Å². The molecule has 122 valence electrons. The van der Waals surface area contributed by atoms with Crippen molar-refractivity contribution in [3.05, 3.63) is 17.1 Å². The van der Waals surface area contributed by atoms with Crippen molar-refractivity contribution in [2.24, 2.45) is 0 Å². The van der Waals surface area contributed by atoms with Gasteiger partial charge in [-0.15, -0.1) is 11.3 Å². The van der Waals surface area contributed by atoms with Crippen LogP contribution < -0.4 is 14.8 Å². The number of nitrogens with one attached hydrogen (secondary N) is 1. The number of benzene rings is 1. The summed E-state index contributed by atoms with van der Waals surface area (Å²) in [5.74, 6) is 1.55. The van der Waals surface area contributed by atoms with Crippen LogP contribution in [0.3, 0.4) is 0 Å². The van der Waals surface area contributed by atoms with Gasteiger partial charge in [0.25, 0.3) is 0 Å². The maximum Gasteiger partial charge on any atom is 0.163 e. The van der Waals surface area contributed by atoms with Crippen molar-refractivity contribution in [2.75, 3.05) is 40.9 Å². The first kappa shape index (κ1) is 17.0. The van der Waals surface area contributed by atoms with Gasteiger partial charge in [0.05, 0.1) is 23.9 Å². The van der Waals surface area contributed by atoms with Crippen LogP contribution in [-0.4, -0.2) is 50.8 Å². The average molecular weight is 323 g/mol. The van der Waals surface area contributed by atoms with Crippen molar-refractivity contribution >= 4 is 21.6 Å². The smallest absolute Gasteiger partial charge is 0.163 e. The van der Waals surface area contributed by atoms with Gasteiger partial charge in [0.15, 0.2) is 11.5 Å². The minimum absolute atomic E-state index is 0.680. The van der Waals surface area contributed by atoms with Crippen LogP contribution in [0.25, 0.3) is 10.2 Å². The molecule has 0 radical (unpaired) electrons. The van der Waals surface area contributed by atoms with Crippen LogP contribution in [0, 0.1) is 0 Å². The first-order valence-electron chi connectivity index (χ1n) is 7.61. The zero-order chi connectivity index (χ0) is 15.9. The fraction of sp³-hybridized carbons (Fsp3) is 0.562. The largest absolute Gasteiger partial charge is 0.493 e. The van der Waals surface area contributed by atoms with E-state index in [1.165, 1.54) is 0 Å². The predicted octanol–water partition coefficient (Wildman–Crippen LogP) is 2.74. The molecule has 0 amide bonds. The quantitative estimate of drug-likeness (QED) is 0.719. The number of thiazole rings is 1. The van der Waals surface area contributed by atoms with E-state index in [0.717, 1.165) is 52.8 Å². The van der Waals surface area contributed by atoms with Gasteiger partial charge in [0.1, 0.15) is 5.01 Å². The summed E-state index contributed by atoms with van der Waals surface area (Å²) < 4.78 is 12.5. The molecule has 0 atom stereocenters. The second kappa shape index (κ2) is 8.31. The van der Waals surface area contributed by atoms with E-state index in [-0.39, 0.29) is 0 Å². The normalized spacial score (nSPS) is 11.3. The Hall–Kier alpha value is -1.37. The van der Waals surface area contributed by atoms with Crippen molar-refractivity contribution in [3.63, 3.8) is 0 Å². The third-order valence-corrected chi connectivity index (χ3v) is 4.55. The van der Waals surface area contributed by atoms with Crippen LogP contribution in [0.4, 0.5) is 0 Å². The van der Waals surface area contributed by atoms with Crippen LogP contribution in [0.2, 0.25) is 0 Å². The van der Waals surface area contributed by atoms with E-state index in [4.69, 9.17) is 9.47 Å². The van der Waals surface area contributed by atoms with E-state index >= 15 is 0 Å². The number of methoxy groups -OCH3 is 1. The standard InChI is InChI=1S/C16H25N3O2S/c1-5-19(3)7-6-8-21-14-9-12-15(10-13(14)20-4)22-16(18-12)11-17-2/h9-10,17H,5-8,11H2,1-4H3. The Morgan fingerprint density at radius 1 is 1.32 bits per heavy atom. The van der Waals surface area contributed by atoms with Gasteiger partial charge in [-0.25, -0.2) is 4.98 Å². The fourth-order valence-corrected chi connectivity index (χ4v) is 3.15. The molecule has 6 heteroatoms. The first-order valence-corrected chi connectivity index (χ1v) is 8.43. The number of rotatable bonds is 9. The minimum atomic E-state index is 0.680. The molecule has 0 unspecified atom stereocenters. The van der Waals surface area contributed by atoms with Gasteiger partial charge >= 0.3 is 0 Å². The molecule has 1 heterocycles. The molecular formula is C16H25N3O2S. The Balaban J connectivity index is 2.07. The summed E-state index contributed by atoms with van der Waals surface area (Å²) in [7, 11) is 5.72. The summed E-state index contributed by atoms with van der Waals surface area (Å²) in [5, 5.41) is 4.20. The van der Waals surface area contributed by atoms with E-state index in [9.17, 15) is 0 Å². The molecule has 1 aromatic carbocycles. The number of ether oxygens (including phenoxy) is 2. The summed E-state index contributed by atoms with van der Waals surface area (Å²) in [6.07, 6.45) is 0.994. The van der Waals surface area contributed by atoms with Crippen molar-refractivity contribution < 1.29 is 9.47 Å². The number of hydrogen-bond donors (Lipinski definition) is 1. The number of hydrogen-bond acceptors (Lipinski definition) is 6. The molecule has 0 spiro atoms. The summed E-state index contributed by atoms with van der Waals surface area (Å²) in [4.78, 5) is 6.89. The van der Waals surface area contributed by atoms with Gasteiger partial charge in [-0.1, -0.05) is 6.92 Å². The molecule has 0 bridgehead atoms. The highest BCUT2D eigenvalue weighted by molar-refractivity contribution is 7.18. The Morgan fingerprint density at radius 3 is 2.82 bits per heavy atom. The lowest BCUT2D eigenvalue weighted by atomic mass is 10.3. The van der Waals surface area contributed by atoms with Gasteiger partial charge in [-0.3, -0.25) is 0 Å². The van der Waals surface area contributed by atoms with Gasteiger partial charge in [0.2, 0.25) is 0 Å². The lowest BCUT2D eigenvalue weighted by molar-refractivity contribution is 0.258. The number of fused-ring (bicyclic) bond motifs is 1. The third-order valence-electron chi connectivity index (χ3n) is 3.53. The Morgan fingerprint density at radius 2 is 2.14 bits per heavy atom. The first-order chi connectivity index (χ1) is 10.7. The predicted molar refractivity (Wildman–Crippen MR) is 92.2 cm³/mol. The molecule has 1 N–H and O–H groups in total. The number of nitrogens with zero attached hydrogens (tertiary/aromatic N) is 2. The average Bonchev–Trinajstić information content (AvgIpc) is 2.91. The molecule has 1 aromatic heterocycles. The van der Waals surface area contributed by atoms with Gasteiger partial charge in [-0.05, 0) is 27.1 Å². The molecule has 0 aliphatic heterocycles. The molecule has 5 nitrogen and oxygen atoms in total. The van der Waals surface area contributed by atoms with E-state index in [0.29, 0.717) is 6.61 Å². The Labute approximate surface area is 136 Å². The minimum Gasteiger partial charge on any atom is -0.493 e. The fourth-order valence-electron chi connectivity index (χ4n) is 2.16. The summed E-state index contributed by atoms with van der Waals surface area (Å²) >= 11 is 1.68. The monoisotopic (exact) mass is 323 g/mol. The lowest BCUT2D eigenvalue weighted by Gasteiger charge is -2.14. The Kier molecular flexibility index (Phi) is 6.42. The van der Waals surface area contributed by atoms with Crippen LogP contribution in [0.15, 0.2) is 12.1 Å². The second-order valence-corrected chi connectivity index (χ2v) is 6.32. The van der Waals surface area contributed by atoms with Gasteiger partial charge < -0.3 is 19.7 Å². The molecule has 2 aromatic rings. The molecule has 0 aliphatic carbocycles. The van der Waals surface area contributed by atoms with E-state index in [1.54, 1.807) is 18.4 Å². The molecule has 2 rings (SSSR count). The molecular weight excluding hydrogens is 298 g/mol. The Bertz CT molecular complexity index is 600. The second-order valence-electron chi connectivity index (χ2n) is 5.21. The van der Waals surface area contributed by atoms with Gasteiger partial charge in [0, 0.05) is 25.2 Å². The molecule has 0 saturated heterocycles. The highest BCUT2D eigenvalue weighted by atomic mass is 32.1. The van der Waals surface area contributed by atoms with Gasteiger partial charge in [-0.2, -0.15) is 0 Å². The van der Waals surface area contributed by atoms with Crippen molar-refractivity contribution in [1.82, 2.24) is 15.2 Å².